The molecule has 0 aliphatic rings. The maximum Gasteiger partial charge on any atom is 0.335 e. The Kier molecular flexibility index (Phi) is 4.22. The first-order valence-electron chi connectivity index (χ1n) is 7.46. The van der Waals surface area contributed by atoms with Crippen molar-refractivity contribution in [3.05, 3.63) is 77.9 Å². The van der Waals surface area contributed by atoms with Crippen molar-refractivity contribution in [2.24, 2.45) is 0 Å². The van der Waals surface area contributed by atoms with E-state index >= 15 is 0 Å². The van der Waals surface area contributed by atoms with Gasteiger partial charge in [0, 0.05) is 5.56 Å². The van der Waals surface area contributed by atoms with Gasteiger partial charge in [0.25, 0.3) is 0 Å². The van der Waals surface area contributed by atoms with Gasteiger partial charge in [-0.15, -0.1) is 0 Å². The molecule has 5 nitrogen and oxygen atoms in total. The van der Waals surface area contributed by atoms with Crippen molar-refractivity contribution in [1.29, 1.82) is 0 Å². The Bertz CT molecular complexity index is 941. The highest BCUT2D eigenvalue weighted by molar-refractivity contribution is 5.89. The van der Waals surface area contributed by atoms with Gasteiger partial charge in [0.2, 0.25) is 0 Å². The highest BCUT2D eigenvalue weighted by Crippen LogP contribution is 2.33. The third-order valence-corrected chi connectivity index (χ3v) is 3.91. The van der Waals surface area contributed by atoms with Gasteiger partial charge in [-0.2, -0.15) is 0 Å². The first-order chi connectivity index (χ1) is 12.0. The van der Waals surface area contributed by atoms with E-state index < -0.39 is 11.9 Å². The van der Waals surface area contributed by atoms with Crippen LogP contribution in [0.4, 0.5) is 0 Å². The fraction of sp³-hybridized carbons (Fsp3) is 0. The number of aromatic hydroxyl groups is 1. The lowest BCUT2D eigenvalue weighted by Crippen LogP contribution is -1.95. The Morgan fingerprint density at radius 3 is 1.48 bits per heavy atom. The zero-order valence-electron chi connectivity index (χ0n) is 13.0. The molecule has 0 bridgehead atoms. The Labute approximate surface area is 143 Å². The highest BCUT2D eigenvalue weighted by Gasteiger charge is 2.09. The predicted molar refractivity (Wildman–Crippen MR) is 92.9 cm³/mol. The van der Waals surface area contributed by atoms with Crippen LogP contribution in [0, 0.1) is 0 Å². The lowest BCUT2D eigenvalue weighted by Gasteiger charge is -2.09. The third-order valence-electron chi connectivity index (χ3n) is 3.91. The molecule has 25 heavy (non-hydrogen) atoms. The van der Waals surface area contributed by atoms with Crippen LogP contribution in [0.25, 0.3) is 22.3 Å². The van der Waals surface area contributed by atoms with Gasteiger partial charge in [-0.25, -0.2) is 9.59 Å². The summed E-state index contributed by atoms with van der Waals surface area (Å²) in [5, 5.41) is 28.2. The summed E-state index contributed by atoms with van der Waals surface area (Å²) in [5.74, 6) is -1.94. The van der Waals surface area contributed by atoms with Crippen LogP contribution < -0.4 is 0 Å². The number of rotatable bonds is 4. The molecule has 0 aliphatic heterocycles. The van der Waals surface area contributed by atoms with Gasteiger partial charge >= 0.3 is 11.9 Å². The van der Waals surface area contributed by atoms with Gasteiger partial charge in [-0.1, -0.05) is 36.4 Å². The Morgan fingerprint density at radius 1 is 0.600 bits per heavy atom. The topological polar surface area (TPSA) is 94.8 Å². The SMILES string of the molecule is O=C(O)c1ccc(-c2ccc(-c3ccc(C(=O)O)cc3)c(O)c2)cc1. The first kappa shape index (κ1) is 16.3. The van der Waals surface area contributed by atoms with Crippen LogP contribution in [0.5, 0.6) is 5.75 Å². The quantitative estimate of drug-likeness (QED) is 0.667. The summed E-state index contributed by atoms with van der Waals surface area (Å²) in [5.41, 5.74) is 3.20. The fourth-order valence-corrected chi connectivity index (χ4v) is 2.55. The smallest absolute Gasteiger partial charge is 0.335 e. The minimum atomic E-state index is -1.00. The summed E-state index contributed by atoms with van der Waals surface area (Å²) >= 11 is 0. The van der Waals surface area contributed by atoms with Crippen molar-refractivity contribution >= 4 is 11.9 Å². The molecule has 5 heteroatoms. The highest BCUT2D eigenvalue weighted by atomic mass is 16.4. The number of hydrogen-bond acceptors (Lipinski definition) is 3. The van der Waals surface area contributed by atoms with Crippen molar-refractivity contribution < 1.29 is 24.9 Å². The molecule has 3 N–H and O–H groups in total. The zero-order valence-corrected chi connectivity index (χ0v) is 13.0. The van der Waals surface area contributed by atoms with E-state index in [4.69, 9.17) is 10.2 Å². The van der Waals surface area contributed by atoms with E-state index in [1.54, 1.807) is 36.4 Å². The van der Waals surface area contributed by atoms with Gasteiger partial charge < -0.3 is 15.3 Å². The number of phenolic OH excluding ortho intramolecular Hbond substituents is 1. The first-order valence-corrected chi connectivity index (χ1v) is 7.46. The number of hydrogen-bond donors (Lipinski definition) is 3. The van der Waals surface area contributed by atoms with Crippen molar-refractivity contribution in [2.45, 2.75) is 0 Å². The second-order valence-electron chi connectivity index (χ2n) is 5.50. The summed E-state index contributed by atoms with van der Waals surface area (Å²) in [6, 6.07) is 17.8. The molecule has 0 saturated heterocycles. The van der Waals surface area contributed by atoms with Crippen LogP contribution in [0.3, 0.4) is 0 Å². The molecule has 3 aromatic carbocycles. The molecular weight excluding hydrogens is 320 g/mol. The number of benzene rings is 3. The molecule has 0 amide bonds. The average Bonchev–Trinajstić information content (AvgIpc) is 2.62. The molecule has 0 spiro atoms. The lowest BCUT2D eigenvalue weighted by atomic mass is 9.98. The van der Waals surface area contributed by atoms with Crippen molar-refractivity contribution in [3.63, 3.8) is 0 Å². The number of carbonyl (C=O) groups is 2. The number of carboxylic acids is 2. The number of aromatic carboxylic acids is 2. The molecule has 0 fully saturated rings. The second kappa shape index (κ2) is 6.49. The van der Waals surface area contributed by atoms with Crippen molar-refractivity contribution in [1.82, 2.24) is 0 Å². The molecule has 0 radical (unpaired) electrons. The Hall–Kier alpha value is -3.60. The molecule has 0 aromatic heterocycles. The zero-order chi connectivity index (χ0) is 18.0. The number of phenols is 1. The second-order valence-corrected chi connectivity index (χ2v) is 5.50. The Morgan fingerprint density at radius 2 is 1.04 bits per heavy atom. The van der Waals surface area contributed by atoms with Crippen LogP contribution in [0.2, 0.25) is 0 Å². The largest absolute Gasteiger partial charge is 0.507 e. The van der Waals surface area contributed by atoms with E-state index in [1.165, 1.54) is 24.3 Å². The molecular formula is C20H14O5. The number of carboxylic acid groups (broad SMARTS) is 2. The molecule has 3 aromatic rings. The summed E-state index contributed by atoms with van der Waals surface area (Å²) in [7, 11) is 0. The standard InChI is InChI=1S/C20H14O5/c21-18-11-16(12-1-5-14(6-2-12)19(22)23)9-10-17(18)13-3-7-15(8-4-13)20(24)25/h1-11,21H,(H,22,23)(H,24,25). The van der Waals surface area contributed by atoms with Crippen LogP contribution >= 0.6 is 0 Å². The Balaban J connectivity index is 1.92. The maximum absolute atomic E-state index is 10.9. The molecule has 0 atom stereocenters. The molecule has 3 rings (SSSR count). The minimum Gasteiger partial charge on any atom is -0.507 e. The maximum atomic E-state index is 10.9. The minimum absolute atomic E-state index is 0.0582. The summed E-state index contributed by atoms with van der Waals surface area (Å²) in [6.07, 6.45) is 0. The molecule has 0 unspecified atom stereocenters. The molecule has 0 heterocycles. The molecule has 0 saturated carbocycles. The van der Waals surface area contributed by atoms with Gasteiger partial charge in [-0.05, 0) is 47.0 Å². The predicted octanol–water partition coefficient (Wildman–Crippen LogP) is 4.12. The summed E-state index contributed by atoms with van der Waals surface area (Å²) in [6.45, 7) is 0. The van der Waals surface area contributed by atoms with Crippen LogP contribution in [-0.4, -0.2) is 27.3 Å². The normalized spacial score (nSPS) is 10.4. The van der Waals surface area contributed by atoms with Gasteiger partial charge in [0.05, 0.1) is 11.1 Å². The van der Waals surface area contributed by atoms with Crippen LogP contribution in [0.15, 0.2) is 66.7 Å². The monoisotopic (exact) mass is 334 g/mol. The summed E-state index contributed by atoms with van der Waals surface area (Å²) in [4.78, 5) is 21.8. The van der Waals surface area contributed by atoms with E-state index in [1.807, 2.05) is 6.07 Å². The van der Waals surface area contributed by atoms with E-state index in [0.29, 0.717) is 11.1 Å². The van der Waals surface area contributed by atoms with E-state index in [0.717, 1.165) is 11.1 Å². The van der Waals surface area contributed by atoms with E-state index in [-0.39, 0.29) is 16.9 Å². The van der Waals surface area contributed by atoms with E-state index in [2.05, 4.69) is 0 Å². The molecule has 124 valence electrons. The van der Waals surface area contributed by atoms with Crippen LogP contribution in [-0.2, 0) is 0 Å². The van der Waals surface area contributed by atoms with Gasteiger partial charge in [-0.3, -0.25) is 0 Å². The van der Waals surface area contributed by atoms with Crippen LogP contribution in [0.1, 0.15) is 20.7 Å². The van der Waals surface area contributed by atoms with Gasteiger partial charge in [0.15, 0.2) is 0 Å². The van der Waals surface area contributed by atoms with E-state index in [9.17, 15) is 14.7 Å². The third kappa shape index (κ3) is 3.35. The van der Waals surface area contributed by atoms with Crippen molar-refractivity contribution in [3.8, 4) is 28.0 Å². The summed E-state index contributed by atoms with van der Waals surface area (Å²) < 4.78 is 0. The lowest BCUT2D eigenvalue weighted by molar-refractivity contribution is 0.0686. The van der Waals surface area contributed by atoms with Gasteiger partial charge in [0.1, 0.15) is 5.75 Å². The fourth-order valence-electron chi connectivity index (χ4n) is 2.55. The van der Waals surface area contributed by atoms with Crippen molar-refractivity contribution in [2.75, 3.05) is 0 Å². The average molecular weight is 334 g/mol. The molecule has 0 aliphatic carbocycles.